The summed E-state index contributed by atoms with van der Waals surface area (Å²) in [7, 11) is 0. The lowest BCUT2D eigenvalue weighted by Crippen LogP contribution is -1.73. The Bertz CT molecular complexity index is 304. The van der Waals surface area contributed by atoms with Crippen molar-refractivity contribution in [3.8, 4) is 17.6 Å². The number of hydrogen-bond acceptors (Lipinski definition) is 3. The molecule has 1 aromatic carbocycles. The zero-order valence-corrected chi connectivity index (χ0v) is 5.48. The maximum absolute atomic E-state index is 9.67. The first kappa shape index (κ1) is 7.22. The van der Waals surface area contributed by atoms with E-state index in [9.17, 15) is 5.21 Å². The van der Waals surface area contributed by atoms with Crippen molar-refractivity contribution in [2.75, 3.05) is 0 Å². The Balaban J connectivity index is 3.15. The van der Waals surface area contributed by atoms with E-state index < -0.39 is 0 Å². The van der Waals surface area contributed by atoms with Gasteiger partial charge in [0.1, 0.15) is 17.1 Å². The standard InChI is InChI=1S/C7H5NO3/c9-6-1-5(4-8-11)2-7(10)3-6/h1-3,9-10H. The Morgan fingerprint density at radius 1 is 1.18 bits per heavy atom. The molecule has 4 nitrogen and oxygen atoms in total. The second kappa shape index (κ2) is 2.80. The quantitative estimate of drug-likeness (QED) is 0.548. The van der Waals surface area contributed by atoms with Gasteiger partial charge in [0.25, 0.3) is 0 Å². The van der Waals surface area contributed by atoms with Gasteiger partial charge in [-0.25, -0.2) is 0 Å². The van der Waals surface area contributed by atoms with Gasteiger partial charge in [0, 0.05) is 23.2 Å². The van der Waals surface area contributed by atoms with Crippen molar-refractivity contribution < 1.29 is 10.2 Å². The third kappa shape index (κ3) is 1.76. The second-order valence-electron chi connectivity index (χ2n) is 1.94. The van der Waals surface area contributed by atoms with Gasteiger partial charge < -0.3 is 15.4 Å². The van der Waals surface area contributed by atoms with Crippen molar-refractivity contribution in [3.63, 3.8) is 0 Å². The number of phenolic OH excluding ortho intramolecular Hbond substituents is 2. The molecule has 0 saturated heterocycles. The summed E-state index contributed by atoms with van der Waals surface area (Å²) < 4.78 is 0. The molecule has 4 heteroatoms. The van der Waals surface area contributed by atoms with E-state index in [1.54, 1.807) is 0 Å². The van der Waals surface area contributed by atoms with E-state index in [0.29, 0.717) is 0 Å². The third-order valence-electron chi connectivity index (χ3n) is 1.08. The van der Waals surface area contributed by atoms with E-state index in [-0.39, 0.29) is 17.1 Å². The molecule has 56 valence electrons. The maximum atomic E-state index is 9.67. The summed E-state index contributed by atoms with van der Waals surface area (Å²) in [5.41, 5.74) is 0.248. The molecule has 0 amide bonds. The summed E-state index contributed by atoms with van der Waals surface area (Å²) in [6, 6.07) is 5.72. The summed E-state index contributed by atoms with van der Waals surface area (Å²) in [5, 5.41) is 29.8. The minimum absolute atomic E-state index is 0.129. The van der Waals surface area contributed by atoms with Crippen LogP contribution in [0.3, 0.4) is 0 Å². The van der Waals surface area contributed by atoms with Gasteiger partial charge in [-0.1, -0.05) is 0 Å². The SMILES string of the molecule is [O-][N+]#Cc1cc(O)cc(O)c1. The molecule has 11 heavy (non-hydrogen) atoms. The van der Waals surface area contributed by atoms with Crippen LogP contribution >= 0.6 is 0 Å². The predicted octanol–water partition coefficient (Wildman–Crippen LogP) is 1.28. The number of aromatic hydroxyl groups is 2. The van der Waals surface area contributed by atoms with Crippen molar-refractivity contribution in [1.29, 1.82) is 0 Å². The van der Waals surface area contributed by atoms with Crippen LogP contribution in [0.25, 0.3) is 5.01 Å². The lowest BCUT2D eigenvalue weighted by Gasteiger charge is -1.92. The molecule has 0 aromatic heterocycles. The van der Waals surface area contributed by atoms with E-state index in [4.69, 9.17) is 10.2 Å². The summed E-state index contributed by atoms with van der Waals surface area (Å²) in [6.45, 7) is 0. The molecule has 0 aliphatic carbocycles. The number of rotatable bonds is 0. The van der Waals surface area contributed by atoms with E-state index in [1.807, 2.05) is 6.07 Å². The highest BCUT2D eigenvalue weighted by Gasteiger charge is 1.99. The van der Waals surface area contributed by atoms with Gasteiger partial charge in [-0.05, 0) is 0 Å². The summed E-state index contributed by atoms with van der Waals surface area (Å²) in [5.74, 6) is -0.257. The van der Waals surface area contributed by atoms with Gasteiger partial charge in [-0.2, -0.15) is 0 Å². The molecule has 0 radical (unpaired) electrons. The molecule has 0 unspecified atom stereocenters. The van der Waals surface area contributed by atoms with Gasteiger partial charge >= 0.3 is 6.07 Å². The minimum Gasteiger partial charge on any atom is -0.508 e. The van der Waals surface area contributed by atoms with Crippen molar-refractivity contribution in [2.24, 2.45) is 0 Å². The zero-order chi connectivity index (χ0) is 8.27. The molecule has 0 atom stereocenters. The number of phenols is 2. The molecule has 0 spiro atoms. The summed E-state index contributed by atoms with van der Waals surface area (Å²) in [6.07, 6.45) is 0. The average molecular weight is 151 g/mol. The van der Waals surface area contributed by atoms with Gasteiger partial charge in [0.15, 0.2) is 0 Å². The maximum Gasteiger partial charge on any atom is 0.336 e. The summed E-state index contributed by atoms with van der Waals surface area (Å²) >= 11 is 0. The van der Waals surface area contributed by atoms with E-state index >= 15 is 0 Å². The first-order valence-electron chi connectivity index (χ1n) is 2.84. The second-order valence-corrected chi connectivity index (χ2v) is 1.94. The summed E-state index contributed by atoms with van der Waals surface area (Å²) in [4.78, 5) is 0. The van der Waals surface area contributed by atoms with Crippen LogP contribution < -0.4 is 0 Å². The highest BCUT2D eigenvalue weighted by atomic mass is 16.4. The number of benzene rings is 1. The van der Waals surface area contributed by atoms with Crippen LogP contribution in [0.2, 0.25) is 0 Å². The normalized spacial score (nSPS) is 8.36. The Morgan fingerprint density at radius 2 is 1.73 bits per heavy atom. The van der Waals surface area contributed by atoms with Crippen LogP contribution in [0.15, 0.2) is 18.2 Å². The average Bonchev–Trinajstić information content (AvgIpc) is 1.85. The molecule has 0 heterocycles. The highest BCUT2D eigenvalue weighted by Crippen LogP contribution is 2.19. The van der Waals surface area contributed by atoms with Crippen molar-refractivity contribution in [2.45, 2.75) is 0 Å². The minimum atomic E-state index is -0.129. The molecular formula is C7H5NO3. The molecular weight excluding hydrogens is 146 g/mol. The lowest BCUT2D eigenvalue weighted by molar-refractivity contribution is 0.450. The van der Waals surface area contributed by atoms with Gasteiger partial charge in [-0.3, -0.25) is 0 Å². The van der Waals surface area contributed by atoms with Crippen LogP contribution in [-0.2, 0) is 0 Å². The van der Waals surface area contributed by atoms with E-state index in [2.05, 4.69) is 5.01 Å². The molecule has 0 fully saturated rings. The molecule has 0 bridgehead atoms. The van der Waals surface area contributed by atoms with Gasteiger partial charge in [0.2, 0.25) is 0 Å². The first-order chi connectivity index (χ1) is 5.22. The molecule has 0 saturated carbocycles. The third-order valence-corrected chi connectivity index (χ3v) is 1.08. The fourth-order valence-corrected chi connectivity index (χ4v) is 0.712. The number of hydrogen-bond donors (Lipinski definition) is 2. The first-order valence-corrected chi connectivity index (χ1v) is 2.84. The van der Waals surface area contributed by atoms with Gasteiger partial charge in [0.05, 0.1) is 0 Å². The molecule has 1 aromatic rings. The van der Waals surface area contributed by atoms with Crippen LogP contribution in [-0.4, -0.2) is 10.2 Å². The van der Waals surface area contributed by atoms with Gasteiger partial charge in [-0.15, -0.1) is 0 Å². The Labute approximate surface area is 62.7 Å². The van der Waals surface area contributed by atoms with Crippen molar-refractivity contribution in [3.05, 3.63) is 34.0 Å². The smallest absolute Gasteiger partial charge is 0.336 e. The van der Waals surface area contributed by atoms with Crippen LogP contribution in [0.1, 0.15) is 5.56 Å². The van der Waals surface area contributed by atoms with E-state index in [0.717, 1.165) is 6.07 Å². The molecule has 0 aliphatic heterocycles. The fraction of sp³-hybridized carbons (Fsp3) is 0. The largest absolute Gasteiger partial charge is 0.508 e. The van der Waals surface area contributed by atoms with Crippen molar-refractivity contribution in [1.82, 2.24) is 0 Å². The molecule has 0 aliphatic rings. The predicted molar refractivity (Wildman–Crippen MR) is 39.5 cm³/mol. The van der Waals surface area contributed by atoms with Crippen LogP contribution in [0.4, 0.5) is 0 Å². The Kier molecular flexibility index (Phi) is 1.83. The molecule has 2 N–H and O–H groups in total. The molecule has 1 rings (SSSR count). The Hall–Kier alpha value is -1.89. The highest BCUT2D eigenvalue weighted by molar-refractivity contribution is 5.43. The Morgan fingerprint density at radius 3 is 2.18 bits per heavy atom. The van der Waals surface area contributed by atoms with Crippen LogP contribution in [0.5, 0.6) is 11.5 Å². The zero-order valence-electron chi connectivity index (χ0n) is 5.48. The van der Waals surface area contributed by atoms with E-state index in [1.165, 1.54) is 12.1 Å². The van der Waals surface area contributed by atoms with Crippen molar-refractivity contribution >= 4 is 0 Å². The monoisotopic (exact) mass is 151 g/mol. The fourth-order valence-electron chi connectivity index (χ4n) is 0.712. The number of nitrogens with zero attached hydrogens (tertiary/aromatic N) is 1. The van der Waals surface area contributed by atoms with Crippen LogP contribution in [0, 0.1) is 11.3 Å². The topological polar surface area (TPSA) is 67.9 Å². The lowest BCUT2D eigenvalue weighted by atomic mass is 10.2.